The molecule has 0 bridgehead atoms. The fourth-order valence-electron chi connectivity index (χ4n) is 2.26. The molecule has 1 aromatic rings. The fraction of sp³-hybridized carbons (Fsp3) is 0.167. The van der Waals surface area contributed by atoms with Crippen molar-refractivity contribution in [2.75, 3.05) is 0 Å². The average molecular weight is 170 g/mol. The molecule has 2 atom stereocenters. The predicted octanol–water partition coefficient (Wildman–Crippen LogP) is 2.70. The number of phenolic OH excluding ortho intramolecular Hbond substituents is 1. The molecule has 13 heavy (non-hydrogen) atoms. The predicted molar refractivity (Wildman–Crippen MR) is 51.9 cm³/mol. The van der Waals surface area contributed by atoms with E-state index in [0.29, 0.717) is 17.6 Å². The standard InChI is InChI=1S/C12H10O/c13-8-5-6-11-9-3-1-2-4-10(9)12(11)7-8/h1-7,9-10,13H/t9-,10?/m1/s1. The normalized spacial score (nSPS) is 27.7. The van der Waals surface area contributed by atoms with E-state index >= 15 is 0 Å². The van der Waals surface area contributed by atoms with Gasteiger partial charge in [0.25, 0.3) is 0 Å². The van der Waals surface area contributed by atoms with Crippen LogP contribution in [0.1, 0.15) is 23.0 Å². The average Bonchev–Trinajstić information content (AvgIpc) is 2.15. The van der Waals surface area contributed by atoms with Crippen molar-refractivity contribution in [3.8, 4) is 5.75 Å². The molecule has 1 N–H and O–H groups in total. The summed E-state index contributed by atoms with van der Waals surface area (Å²) in [5.41, 5.74) is 2.65. The van der Waals surface area contributed by atoms with Crippen LogP contribution in [0.5, 0.6) is 5.75 Å². The zero-order valence-corrected chi connectivity index (χ0v) is 7.14. The molecular weight excluding hydrogens is 160 g/mol. The first-order valence-electron chi connectivity index (χ1n) is 4.54. The van der Waals surface area contributed by atoms with Gasteiger partial charge in [0.05, 0.1) is 0 Å². The molecule has 0 spiro atoms. The van der Waals surface area contributed by atoms with Gasteiger partial charge >= 0.3 is 0 Å². The lowest BCUT2D eigenvalue weighted by atomic mass is 9.66. The Bertz CT molecular complexity index is 415. The first-order valence-corrected chi connectivity index (χ1v) is 4.54. The van der Waals surface area contributed by atoms with E-state index in [1.807, 2.05) is 12.1 Å². The SMILES string of the molecule is Oc1ccc2c(c1)C1C=CC=C[C@@H]21. The topological polar surface area (TPSA) is 20.2 Å². The van der Waals surface area contributed by atoms with Gasteiger partial charge in [0.15, 0.2) is 0 Å². The fourth-order valence-corrected chi connectivity index (χ4v) is 2.26. The number of hydrogen-bond donors (Lipinski definition) is 1. The quantitative estimate of drug-likeness (QED) is 0.634. The molecule has 0 radical (unpaired) electrons. The minimum Gasteiger partial charge on any atom is -0.508 e. The second-order valence-corrected chi connectivity index (χ2v) is 3.63. The summed E-state index contributed by atoms with van der Waals surface area (Å²) in [5.74, 6) is 1.44. The Labute approximate surface area is 77.0 Å². The van der Waals surface area contributed by atoms with Gasteiger partial charge in [0.1, 0.15) is 5.75 Å². The molecule has 0 aliphatic heterocycles. The maximum atomic E-state index is 9.32. The van der Waals surface area contributed by atoms with Crippen LogP contribution in [0.3, 0.4) is 0 Å². The lowest BCUT2D eigenvalue weighted by Gasteiger charge is -2.37. The Hall–Kier alpha value is -1.50. The van der Waals surface area contributed by atoms with Crippen molar-refractivity contribution in [2.45, 2.75) is 11.8 Å². The number of hydrogen-bond acceptors (Lipinski definition) is 1. The maximum Gasteiger partial charge on any atom is 0.115 e. The van der Waals surface area contributed by atoms with Crippen molar-refractivity contribution in [3.63, 3.8) is 0 Å². The van der Waals surface area contributed by atoms with Crippen molar-refractivity contribution >= 4 is 0 Å². The van der Waals surface area contributed by atoms with Crippen molar-refractivity contribution in [1.82, 2.24) is 0 Å². The van der Waals surface area contributed by atoms with Crippen LogP contribution in [0.2, 0.25) is 0 Å². The first-order chi connectivity index (χ1) is 6.36. The highest BCUT2D eigenvalue weighted by atomic mass is 16.3. The van der Waals surface area contributed by atoms with Crippen molar-refractivity contribution in [1.29, 1.82) is 0 Å². The van der Waals surface area contributed by atoms with Crippen molar-refractivity contribution in [3.05, 3.63) is 53.6 Å². The van der Waals surface area contributed by atoms with Crippen molar-refractivity contribution in [2.24, 2.45) is 0 Å². The molecule has 1 heteroatoms. The van der Waals surface area contributed by atoms with Gasteiger partial charge < -0.3 is 5.11 Å². The molecule has 1 aromatic carbocycles. The smallest absolute Gasteiger partial charge is 0.115 e. The third kappa shape index (κ3) is 0.816. The molecule has 0 aromatic heterocycles. The second kappa shape index (κ2) is 2.25. The Kier molecular flexibility index (Phi) is 1.21. The van der Waals surface area contributed by atoms with E-state index in [9.17, 15) is 5.11 Å². The highest BCUT2D eigenvalue weighted by molar-refractivity contribution is 5.55. The third-order valence-corrected chi connectivity index (χ3v) is 2.92. The highest BCUT2D eigenvalue weighted by Gasteiger charge is 2.34. The van der Waals surface area contributed by atoms with E-state index in [0.717, 1.165) is 0 Å². The van der Waals surface area contributed by atoms with E-state index < -0.39 is 0 Å². The van der Waals surface area contributed by atoms with E-state index in [-0.39, 0.29) is 0 Å². The van der Waals surface area contributed by atoms with E-state index in [1.54, 1.807) is 6.07 Å². The van der Waals surface area contributed by atoms with Gasteiger partial charge in [-0.1, -0.05) is 30.4 Å². The molecular formula is C12H10O. The number of rotatable bonds is 0. The summed E-state index contributed by atoms with van der Waals surface area (Å²) in [7, 11) is 0. The van der Waals surface area contributed by atoms with Gasteiger partial charge in [0.2, 0.25) is 0 Å². The molecule has 0 amide bonds. The maximum absolute atomic E-state index is 9.32. The van der Waals surface area contributed by atoms with E-state index in [1.165, 1.54) is 11.1 Å². The summed E-state index contributed by atoms with van der Waals surface area (Å²) >= 11 is 0. The van der Waals surface area contributed by atoms with Crippen LogP contribution in [0.4, 0.5) is 0 Å². The van der Waals surface area contributed by atoms with Gasteiger partial charge in [-0.2, -0.15) is 0 Å². The summed E-state index contributed by atoms with van der Waals surface area (Å²) in [6, 6.07) is 5.66. The Morgan fingerprint density at radius 3 is 2.38 bits per heavy atom. The second-order valence-electron chi connectivity index (χ2n) is 3.63. The van der Waals surface area contributed by atoms with Crippen LogP contribution in [0.15, 0.2) is 42.5 Å². The molecule has 64 valence electrons. The highest BCUT2D eigenvalue weighted by Crippen LogP contribution is 2.50. The number of aromatic hydroxyl groups is 1. The molecule has 1 unspecified atom stereocenters. The summed E-state index contributed by atoms with van der Waals surface area (Å²) in [6.45, 7) is 0. The Balaban J connectivity index is 2.15. The van der Waals surface area contributed by atoms with E-state index in [2.05, 4.69) is 24.3 Å². The van der Waals surface area contributed by atoms with Gasteiger partial charge in [0, 0.05) is 11.8 Å². The largest absolute Gasteiger partial charge is 0.508 e. The third-order valence-electron chi connectivity index (χ3n) is 2.92. The Morgan fingerprint density at radius 1 is 0.923 bits per heavy atom. The minimum absolute atomic E-state index is 0.375. The van der Waals surface area contributed by atoms with E-state index in [4.69, 9.17) is 0 Å². The van der Waals surface area contributed by atoms with Crippen LogP contribution in [0.25, 0.3) is 0 Å². The molecule has 2 aliphatic carbocycles. The van der Waals surface area contributed by atoms with Crippen LogP contribution >= 0.6 is 0 Å². The summed E-state index contributed by atoms with van der Waals surface area (Å²) in [4.78, 5) is 0. The molecule has 1 nitrogen and oxygen atoms in total. The molecule has 3 rings (SSSR count). The zero-order chi connectivity index (χ0) is 8.84. The molecule has 2 aliphatic rings. The van der Waals surface area contributed by atoms with Crippen LogP contribution < -0.4 is 0 Å². The first kappa shape index (κ1) is 6.96. The van der Waals surface area contributed by atoms with Gasteiger partial charge in [-0.25, -0.2) is 0 Å². The number of allylic oxidation sites excluding steroid dienone is 4. The monoisotopic (exact) mass is 170 g/mol. The summed E-state index contributed by atoms with van der Waals surface area (Å²) < 4.78 is 0. The lowest BCUT2D eigenvalue weighted by molar-refractivity contribution is 0.470. The number of phenols is 1. The van der Waals surface area contributed by atoms with Gasteiger partial charge in [-0.3, -0.25) is 0 Å². The van der Waals surface area contributed by atoms with Crippen LogP contribution in [-0.4, -0.2) is 5.11 Å². The molecule has 0 saturated carbocycles. The lowest BCUT2D eigenvalue weighted by Crippen LogP contribution is -2.22. The Morgan fingerprint density at radius 2 is 1.62 bits per heavy atom. The molecule has 0 heterocycles. The molecule has 0 fully saturated rings. The van der Waals surface area contributed by atoms with Crippen LogP contribution in [0, 0.1) is 0 Å². The summed E-state index contributed by atoms with van der Waals surface area (Å²) in [6.07, 6.45) is 8.60. The van der Waals surface area contributed by atoms with Gasteiger partial charge in [-0.05, 0) is 23.3 Å². The molecule has 0 saturated heterocycles. The van der Waals surface area contributed by atoms with Gasteiger partial charge in [-0.15, -0.1) is 0 Å². The van der Waals surface area contributed by atoms with Crippen LogP contribution in [-0.2, 0) is 0 Å². The minimum atomic E-state index is 0.375. The number of fused-ring (bicyclic) bond motifs is 4. The number of benzene rings is 1. The van der Waals surface area contributed by atoms with Crippen molar-refractivity contribution < 1.29 is 5.11 Å². The zero-order valence-electron chi connectivity index (χ0n) is 7.14. The summed E-state index contributed by atoms with van der Waals surface area (Å²) in [5, 5.41) is 9.32.